The van der Waals surface area contributed by atoms with Crippen LogP contribution in [0.25, 0.3) is 0 Å². The first kappa shape index (κ1) is 10.3. The molecule has 0 spiro atoms. The zero-order chi connectivity index (χ0) is 9.28. The van der Waals surface area contributed by atoms with Crippen LogP contribution in [0.4, 0.5) is 13.2 Å². The molecule has 2 nitrogen and oxygen atoms in total. The minimum absolute atomic E-state index is 0.777. The van der Waals surface area contributed by atoms with E-state index in [-0.39, 0.29) is 0 Å². The Hall–Kier alpha value is -0.740. The van der Waals surface area contributed by atoms with Crippen LogP contribution in [0.2, 0.25) is 0 Å². The van der Waals surface area contributed by atoms with Gasteiger partial charge in [0.1, 0.15) is 0 Å². The number of esters is 1. The molecule has 0 aromatic heterocycles. The molecular weight excluding hydrogens is 161 g/mol. The number of alkyl halides is 3. The van der Waals surface area contributed by atoms with Gasteiger partial charge in [0.25, 0.3) is 0 Å². The van der Waals surface area contributed by atoms with Gasteiger partial charge in [-0.15, -0.1) is 0 Å². The van der Waals surface area contributed by atoms with Crippen molar-refractivity contribution in [1.82, 2.24) is 0 Å². The third-order valence-corrected chi connectivity index (χ3v) is 1.40. The minimum Gasteiger partial charge on any atom is -0.468 e. The van der Waals surface area contributed by atoms with Gasteiger partial charge in [-0.3, -0.25) is 4.79 Å². The van der Waals surface area contributed by atoms with Gasteiger partial charge in [-0.1, -0.05) is 0 Å². The second kappa shape index (κ2) is 2.71. The quantitative estimate of drug-likeness (QED) is 0.560. The molecular formula is C6H9F3O2. The fourth-order valence-corrected chi connectivity index (χ4v) is 0.371. The Bertz CT molecular complexity index is 160. The second-order valence-electron chi connectivity index (χ2n) is 2.61. The number of halogens is 3. The van der Waals surface area contributed by atoms with Crippen molar-refractivity contribution in [3.8, 4) is 0 Å². The average Bonchev–Trinajstić information content (AvgIpc) is 1.83. The monoisotopic (exact) mass is 170 g/mol. The first-order chi connectivity index (χ1) is 4.73. The van der Waals surface area contributed by atoms with Crippen molar-refractivity contribution in [3.63, 3.8) is 0 Å². The first-order valence-electron chi connectivity index (χ1n) is 2.88. The van der Waals surface area contributed by atoms with Crippen molar-refractivity contribution in [2.45, 2.75) is 20.0 Å². The standard InChI is InChI=1S/C6H9F3O2/c1-5(2,4(10)11-3)6(7,8)9/h1-3H3. The van der Waals surface area contributed by atoms with Gasteiger partial charge >= 0.3 is 12.1 Å². The molecule has 0 rings (SSSR count). The van der Waals surface area contributed by atoms with E-state index >= 15 is 0 Å². The van der Waals surface area contributed by atoms with E-state index in [1.807, 2.05) is 0 Å². The Morgan fingerprint density at radius 3 is 1.73 bits per heavy atom. The molecule has 0 aliphatic rings. The van der Waals surface area contributed by atoms with Crippen molar-refractivity contribution in [2.24, 2.45) is 5.41 Å². The Labute approximate surface area is 62.3 Å². The van der Waals surface area contributed by atoms with Gasteiger partial charge in [-0.05, 0) is 13.8 Å². The fourth-order valence-electron chi connectivity index (χ4n) is 0.371. The van der Waals surface area contributed by atoms with Crippen molar-refractivity contribution >= 4 is 5.97 Å². The summed E-state index contributed by atoms with van der Waals surface area (Å²) in [4.78, 5) is 10.5. The number of carbonyl (C=O) groups excluding carboxylic acids is 1. The zero-order valence-corrected chi connectivity index (χ0v) is 6.45. The first-order valence-corrected chi connectivity index (χ1v) is 2.88. The van der Waals surface area contributed by atoms with Crippen molar-refractivity contribution < 1.29 is 22.7 Å². The van der Waals surface area contributed by atoms with Crippen LogP contribution in [0.3, 0.4) is 0 Å². The number of rotatable bonds is 1. The maximum atomic E-state index is 12.0. The van der Waals surface area contributed by atoms with E-state index in [0.717, 1.165) is 21.0 Å². The van der Waals surface area contributed by atoms with Gasteiger partial charge in [-0.25, -0.2) is 0 Å². The summed E-state index contributed by atoms with van der Waals surface area (Å²) in [5, 5.41) is 0. The summed E-state index contributed by atoms with van der Waals surface area (Å²) in [7, 11) is 0.926. The largest absolute Gasteiger partial charge is 0.468 e. The van der Waals surface area contributed by atoms with Crippen LogP contribution in [0.1, 0.15) is 13.8 Å². The number of ether oxygens (including phenoxy) is 1. The maximum Gasteiger partial charge on any atom is 0.404 e. The molecule has 0 aliphatic heterocycles. The van der Waals surface area contributed by atoms with E-state index in [0.29, 0.717) is 0 Å². The molecule has 0 unspecified atom stereocenters. The van der Waals surface area contributed by atoms with Crippen LogP contribution in [-0.4, -0.2) is 19.3 Å². The van der Waals surface area contributed by atoms with Gasteiger partial charge in [0.2, 0.25) is 0 Å². The van der Waals surface area contributed by atoms with E-state index in [9.17, 15) is 18.0 Å². The minimum atomic E-state index is -4.56. The maximum absolute atomic E-state index is 12.0. The predicted molar refractivity (Wildman–Crippen MR) is 31.9 cm³/mol. The van der Waals surface area contributed by atoms with Gasteiger partial charge < -0.3 is 4.74 Å². The molecule has 0 saturated carbocycles. The lowest BCUT2D eigenvalue weighted by Gasteiger charge is -2.24. The molecule has 0 N–H and O–H groups in total. The van der Waals surface area contributed by atoms with Crippen molar-refractivity contribution in [3.05, 3.63) is 0 Å². The molecule has 0 aromatic carbocycles. The van der Waals surface area contributed by atoms with Crippen LogP contribution in [0, 0.1) is 5.41 Å². The Morgan fingerprint density at radius 2 is 1.64 bits per heavy atom. The lowest BCUT2D eigenvalue weighted by Crippen LogP contribution is -2.40. The summed E-state index contributed by atoms with van der Waals surface area (Å²) in [5.41, 5.74) is -2.41. The third-order valence-electron chi connectivity index (χ3n) is 1.40. The van der Waals surface area contributed by atoms with Crippen LogP contribution in [0.15, 0.2) is 0 Å². The molecule has 0 atom stereocenters. The number of hydrogen-bond donors (Lipinski definition) is 0. The molecule has 0 radical (unpaired) electrons. The third kappa shape index (κ3) is 1.85. The van der Waals surface area contributed by atoms with Gasteiger partial charge in [0.15, 0.2) is 5.41 Å². The average molecular weight is 170 g/mol. The number of methoxy groups -OCH3 is 1. The van der Waals surface area contributed by atoms with Crippen molar-refractivity contribution in [1.29, 1.82) is 0 Å². The summed E-state index contributed by atoms with van der Waals surface area (Å²) >= 11 is 0. The van der Waals surface area contributed by atoms with E-state index < -0.39 is 17.6 Å². The molecule has 0 fully saturated rings. The summed E-state index contributed by atoms with van der Waals surface area (Å²) < 4.78 is 39.9. The second-order valence-corrected chi connectivity index (χ2v) is 2.61. The van der Waals surface area contributed by atoms with Crippen LogP contribution < -0.4 is 0 Å². The number of carbonyl (C=O) groups is 1. The molecule has 0 aliphatic carbocycles. The van der Waals surface area contributed by atoms with Crippen LogP contribution in [-0.2, 0) is 9.53 Å². The highest BCUT2D eigenvalue weighted by molar-refractivity contribution is 5.76. The molecule has 0 amide bonds. The fraction of sp³-hybridized carbons (Fsp3) is 0.833. The summed E-state index contributed by atoms with van der Waals surface area (Å²) in [6.45, 7) is 1.55. The highest BCUT2D eigenvalue weighted by Crippen LogP contribution is 2.38. The SMILES string of the molecule is COC(=O)C(C)(C)C(F)(F)F. The van der Waals surface area contributed by atoms with E-state index in [4.69, 9.17) is 0 Å². The van der Waals surface area contributed by atoms with E-state index in [2.05, 4.69) is 4.74 Å². The Kier molecular flexibility index (Phi) is 2.53. The smallest absolute Gasteiger partial charge is 0.404 e. The van der Waals surface area contributed by atoms with Gasteiger partial charge in [0, 0.05) is 0 Å². The molecule has 66 valence electrons. The van der Waals surface area contributed by atoms with Gasteiger partial charge in [-0.2, -0.15) is 13.2 Å². The molecule has 5 heteroatoms. The zero-order valence-electron chi connectivity index (χ0n) is 6.45. The summed E-state index contributed by atoms with van der Waals surface area (Å²) in [6, 6.07) is 0. The highest BCUT2D eigenvalue weighted by atomic mass is 19.4. The lowest BCUT2D eigenvalue weighted by atomic mass is 9.93. The lowest BCUT2D eigenvalue weighted by molar-refractivity contribution is -0.223. The molecule has 0 saturated heterocycles. The molecule has 0 bridgehead atoms. The molecule has 0 heterocycles. The van der Waals surface area contributed by atoms with Crippen LogP contribution >= 0.6 is 0 Å². The number of hydrogen-bond acceptors (Lipinski definition) is 2. The van der Waals surface area contributed by atoms with E-state index in [1.165, 1.54) is 0 Å². The Balaban J connectivity index is 4.59. The van der Waals surface area contributed by atoms with Gasteiger partial charge in [0.05, 0.1) is 7.11 Å². The van der Waals surface area contributed by atoms with Crippen molar-refractivity contribution in [2.75, 3.05) is 7.11 Å². The summed E-state index contributed by atoms with van der Waals surface area (Å²) in [6.07, 6.45) is -4.56. The highest BCUT2D eigenvalue weighted by Gasteiger charge is 2.53. The summed E-state index contributed by atoms with van der Waals surface area (Å²) in [5.74, 6) is -1.27. The van der Waals surface area contributed by atoms with E-state index in [1.54, 1.807) is 0 Å². The predicted octanol–water partition coefficient (Wildman–Crippen LogP) is 1.75. The normalized spacial score (nSPS) is 12.9. The molecule has 11 heavy (non-hydrogen) atoms. The molecule has 0 aromatic rings. The van der Waals surface area contributed by atoms with Crippen LogP contribution in [0.5, 0.6) is 0 Å². The topological polar surface area (TPSA) is 26.3 Å². The Morgan fingerprint density at radius 1 is 1.27 bits per heavy atom.